The van der Waals surface area contributed by atoms with Crippen LogP contribution in [0, 0.1) is 0 Å². The minimum Gasteiger partial charge on any atom is -0.381 e. The van der Waals surface area contributed by atoms with Gasteiger partial charge in [0.05, 0.1) is 12.4 Å². The summed E-state index contributed by atoms with van der Waals surface area (Å²) >= 11 is 3.25. The van der Waals surface area contributed by atoms with Crippen LogP contribution in [-0.4, -0.2) is 44.2 Å². The highest BCUT2D eigenvalue weighted by Gasteiger charge is 2.09. The van der Waals surface area contributed by atoms with Crippen molar-refractivity contribution in [1.82, 2.24) is 9.71 Å². The van der Waals surface area contributed by atoms with Crippen molar-refractivity contribution < 1.29 is 13.2 Å². The molecule has 1 aromatic heterocycles. The van der Waals surface area contributed by atoms with E-state index in [1.54, 1.807) is 6.20 Å². The molecule has 0 atom stereocenters. The first-order valence-electron chi connectivity index (χ1n) is 6.15. The van der Waals surface area contributed by atoms with Gasteiger partial charge in [-0.15, -0.1) is 0 Å². The minimum absolute atomic E-state index is 0.0618. The van der Waals surface area contributed by atoms with Crippen molar-refractivity contribution in [2.45, 2.75) is 12.8 Å². The SMILES string of the molecule is O=S(=O)(CCc1ccccn1)NCCCOCCBr. The van der Waals surface area contributed by atoms with Gasteiger partial charge in [0.15, 0.2) is 0 Å². The van der Waals surface area contributed by atoms with E-state index >= 15 is 0 Å². The first-order valence-corrected chi connectivity index (χ1v) is 8.92. The largest absolute Gasteiger partial charge is 0.381 e. The molecule has 0 fully saturated rings. The van der Waals surface area contributed by atoms with E-state index in [4.69, 9.17) is 4.74 Å². The molecule has 0 unspecified atom stereocenters. The van der Waals surface area contributed by atoms with E-state index in [1.807, 2.05) is 18.2 Å². The van der Waals surface area contributed by atoms with Gasteiger partial charge in [-0.05, 0) is 18.6 Å². The quantitative estimate of drug-likeness (QED) is 0.510. The van der Waals surface area contributed by atoms with Crippen LogP contribution in [0.15, 0.2) is 24.4 Å². The molecule has 0 spiro atoms. The lowest BCUT2D eigenvalue weighted by Gasteiger charge is -2.06. The topological polar surface area (TPSA) is 68.3 Å². The van der Waals surface area contributed by atoms with Crippen LogP contribution in [0.2, 0.25) is 0 Å². The molecule has 1 rings (SSSR count). The molecule has 19 heavy (non-hydrogen) atoms. The number of pyridine rings is 1. The standard InChI is InChI=1S/C12H19BrN2O3S/c13-6-10-18-9-3-8-15-19(16,17)11-5-12-4-1-2-7-14-12/h1-2,4,7,15H,3,5-6,8-11H2. The van der Waals surface area contributed by atoms with Gasteiger partial charge in [0.1, 0.15) is 0 Å². The maximum absolute atomic E-state index is 11.7. The zero-order chi connectivity index (χ0) is 14.0. The van der Waals surface area contributed by atoms with Crippen molar-refractivity contribution in [3.8, 4) is 0 Å². The highest BCUT2D eigenvalue weighted by atomic mass is 79.9. The van der Waals surface area contributed by atoms with Crippen LogP contribution in [0.4, 0.5) is 0 Å². The third-order valence-corrected chi connectivity index (χ3v) is 4.07. The Hall–Kier alpha value is -0.500. The van der Waals surface area contributed by atoms with Gasteiger partial charge in [0.25, 0.3) is 0 Å². The molecular formula is C12H19BrN2O3S. The lowest BCUT2D eigenvalue weighted by Crippen LogP contribution is -2.29. The van der Waals surface area contributed by atoms with Crippen molar-refractivity contribution >= 4 is 26.0 Å². The minimum atomic E-state index is -3.23. The second kappa shape index (κ2) is 9.41. The number of hydrogen-bond donors (Lipinski definition) is 1. The Kier molecular flexibility index (Phi) is 8.20. The van der Waals surface area contributed by atoms with Crippen molar-refractivity contribution in [3.05, 3.63) is 30.1 Å². The third kappa shape index (κ3) is 8.30. The van der Waals surface area contributed by atoms with Crippen LogP contribution in [0.1, 0.15) is 12.1 Å². The Balaban J connectivity index is 2.17. The molecule has 7 heteroatoms. The van der Waals surface area contributed by atoms with Crippen molar-refractivity contribution in [1.29, 1.82) is 0 Å². The highest BCUT2D eigenvalue weighted by molar-refractivity contribution is 9.09. The van der Waals surface area contributed by atoms with Gasteiger partial charge in [-0.3, -0.25) is 4.98 Å². The van der Waals surface area contributed by atoms with Crippen molar-refractivity contribution in [3.63, 3.8) is 0 Å². The number of aryl methyl sites for hydroxylation is 1. The van der Waals surface area contributed by atoms with Crippen LogP contribution in [0.25, 0.3) is 0 Å². The van der Waals surface area contributed by atoms with E-state index in [1.165, 1.54) is 0 Å². The Morgan fingerprint density at radius 1 is 1.32 bits per heavy atom. The molecule has 0 aromatic carbocycles. The average Bonchev–Trinajstić information content (AvgIpc) is 2.42. The van der Waals surface area contributed by atoms with E-state index in [0.717, 1.165) is 11.0 Å². The molecule has 1 heterocycles. The van der Waals surface area contributed by atoms with Gasteiger partial charge in [-0.2, -0.15) is 0 Å². The molecular weight excluding hydrogens is 332 g/mol. The first kappa shape index (κ1) is 16.6. The number of ether oxygens (including phenoxy) is 1. The summed E-state index contributed by atoms with van der Waals surface area (Å²) in [6, 6.07) is 5.48. The van der Waals surface area contributed by atoms with Crippen LogP contribution in [0.5, 0.6) is 0 Å². The summed E-state index contributed by atoms with van der Waals surface area (Å²) in [7, 11) is -3.23. The Morgan fingerprint density at radius 3 is 2.84 bits per heavy atom. The number of hydrogen-bond acceptors (Lipinski definition) is 4. The zero-order valence-electron chi connectivity index (χ0n) is 10.7. The fourth-order valence-corrected chi connectivity index (χ4v) is 2.72. The molecule has 0 aliphatic rings. The molecule has 0 saturated heterocycles. The number of sulfonamides is 1. The molecule has 1 aromatic rings. The zero-order valence-corrected chi connectivity index (χ0v) is 13.1. The Labute approximate surface area is 122 Å². The lowest BCUT2D eigenvalue weighted by molar-refractivity contribution is 0.149. The van der Waals surface area contributed by atoms with Gasteiger partial charge in [0, 0.05) is 36.8 Å². The predicted octanol–water partition coefficient (Wildman–Crippen LogP) is 1.35. The molecule has 0 aliphatic heterocycles. The van der Waals surface area contributed by atoms with E-state index < -0.39 is 10.0 Å². The number of aromatic nitrogens is 1. The van der Waals surface area contributed by atoms with Gasteiger partial charge >= 0.3 is 0 Å². The fraction of sp³-hybridized carbons (Fsp3) is 0.583. The van der Waals surface area contributed by atoms with Crippen molar-refractivity contribution in [2.24, 2.45) is 0 Å². The number of nitrogens with zero attached hydrogens (tertiary/aromatic N) is 1. The maximum Gasteiger partial charge on any atom is 0.211 e. The average molecular weight is 351 g/mol. The van der Waals surface area contributed by atoms with Crippen LogP contribution < -0.4 is 4.72 Å². The van der Waals surface area contributed by atoms with Gasteiger partial charge in [0.2, 0.25) is 10.0 Å². The fourth-order valence-electron chi connectivity index (χ4n) is 1.42. The van der Waals surface area contributed by atoms with Crippen LogP contribution in [-0.2, 0) is 21.2 Å². The molecule has 0 radical (unpaired) electrons. The summed E-state index contributed by atoms with van der Waals surface area (Å²) in [6.07, 6.45) is 2.77. The number of rotatable bonds is 10. The van der Waals surface area contributed by atoms with Crippen LogP contribution >= 0.6 is 15.9 Å². The Morgan fingerprint density at radius 2 is 2.16 bits per heavy atom. The van der Waals surface area contributed by atoms with E-state index in [9.17, 15) is 8.42 Å². The normalized spacial score (nSPS) is 11.6. The molecule has 1 N–H and O–H groups in total. The summed E-state index contributed by atoms with van der Waals surface area (Å²) in [5.74, 6) is 0.0618. The molecule has 0 amide bonds. The van der Waals surface area contributed by atoms with E-state index in [0.29, 0.717) is 32.6 Å². The summed E-state index contributed by atoms with van der Waals surface area (Å²) in [6.45, 7) is 1.62. The van der Waals surface area contributed by atoms with E-state index in [-0.39, 0.29) is 5.75 Å². The van der Waals surface area contributed by atoms with E-state index in [2.05, 4.69) is 25.6 Å². The third-order valence-electron chi connectivity index (χ3n) is 2.36. The van der Waals surface area contributed by atoms with Gasteiger partial charge in [-0.1, -0.05) is 22.0 Å². The predicted molar refractivity (Wildman–Crippen MR) is 79.0 cm³/mol. The number of nitrogens with one attached hydrogen (secondary N) is 1. The molecule has 108 valence electrons. The number of alkyl halides is 1. The highest BCUT2D eigenvalue weighted by Crippen LogP contribution is 1.97. The summed E-state index contributed by atoms with van der Waals surface area (Å²) in [5, 5.41) is 0.794. The molecule has 0 aliphatic carbocycles. The number of halogens is 1. The van der Waals surface area contributed by atoms with Crippen LogP contribution in [0.3, 0.4) is 0 Å². The second-order valence-electron chi connectivity index (χ2n) is 3.94. The molecule has 0 saturated carbocycles. The summed E-state index contributed by atoms with van der Waals surface area (Å²) < 4.78 is 31.2. The Bertz CT molecular complexity index is 440. The van der Waals surface area contributed by atoms with Crippen molar-refractivity contribution in [2.75, 3.05) is 30.8 Å². The maximum atomic E-state index is 11.7. The second-order valence-corrected chi connectivity index (χ2v) is 6.66. The summed E-state index contributed by atoms with van der Waals surface area (Å²) in [5.41, 5.74) is 0.786. The lowest BCUT2D eigenvalue weighted by atomic mass is 10.3. The smallest absolute Gasteiger partial charge is 0.211 e. The summed E-state index contributed by atoms with van der Waals surface area (Å²) in [4.78, 5) is 4.10. The first-order chi connectivity index (χ1) is 9.14. The van der Waals surface area contributed by atoms with Gasteiger partial charge in [-0.25, -0.2) is 13.1 Å². The monoisotopic (exact) mass is 350 g/mol. The van der Waals surface area contributed by atoms with Gasteiger partial charge < -0.3 is 4.74 Å². The molecule has 5 nitrogen and oxygen atoms in total. The molecule has 0 bridgehead atoms.